The first-order valence-electron chi connectivity index (χ1n) is 4.82. The normalized spacial score (nSPS) is 21.1. The number of anilines is 1. The van der Waals surface area contributed by atoms with Gasteiger partial charge in [-0.15, -0.1) is 0 Å². The zero-order valence-electron chi connectivity index (χ0n) is 8.19. The van der Waals surface area contributed by atoms with Gasteiger partial charge in [-0.1, -0.05) is 12.1 Å². The number of halogens is 1. The molecule has 0 aliphatic carbocycles. The number of nitriles is 1. The standard InChI is InChI=1S/C11H11BrN2O/c12-10-3-1-2-4-11(10)14-5-6-15-9(7-13)8-14/h1-4,9H,5-6,8H2. The molecule has 3 nitrogen and oxygen atoms in total. The Bertz CT molecular complexity index is 388. The van der Waals surface area contributed by atoms with E-state index in [1.54, 1.807) is 0 Å². The van der Waals surface area contributed by atoms with Crippen LogP contribution in [0.4, 0.5) is 5.69 Å². The predicted octanol–water partition coefficient (Wildman–Crippen LogP) is 2.18. The lowest BCUT2D eigenvalue weighted by atomic mass is 10.2. The topological polar surface area (TPSA) is 36.3 Å². The zero-order chi connectivity index (χ0) is 10.7. The van der Waals surface area contributed by atoms with Crippen molar-refractivity contribution in [2.24, 2.45) is 0 Å². The Morgan fingerprint density at radius 3 is 3.00 bits per heavy atom. The van der Waals surface area contributed by atoms with E-state index in [0.717, 1.165) is 16.7 Å². The molecule has 4 heteroatoms. The summed E-state index contributed by atoms with van der Waals surface area (Å²) in [6.45, 7) is 2.08. The number of ether oxygens (including phenoxy) is 1. The summed E-state index contributed by atoms with van der Waals surface area (Å²) in [6.07, 6.45) is -0.314. The van der Waals surface area contributed by atoms with Gasteiger partial charge < -0.3 is 9.64 Å². The molecule has 1 saturated heterocycles. The van der Waals surface area contributed by atoms with E-state index in [1.165, 1.54) is 0 Å². The second-order valence-corrected chi connectivity index (χ2v) is 4.24. The van der Waals surface area contributed by atoms with Crippen molar-refractivity contribution in [3.05, 3.63) is 28.7 Å². The first-order chi connectivity index (χ1) is 7.31. The average molecular weight is 267 g/mol. The fourth-order valence-corrected chi connectivity index (χ4v) is 2.19. The first kappa shape index (κ1) is 10.5. The summed E-state index contributed by atoms with van der Waals surface area (Å²) in [6, 6.07) is 10.2. The molecular weight excluding hydrogens is 256 g/mol. The summed E-state index contributed by atoms with van der Waals surface area (Å²) in [7, 11) is 0. The van der Waals surface area contributed by atoms with Crippen molar-refractivity contribution in [2.45, 2.75) is 6.10 Å². The smallest absolute Gasteiger partial charge is 0.161 e. The van der Waals surface area contributed by atoms with E-state index in [4.69, 9.17) is 10.00 Å². The van der Waals surface area contributed by atoms with Gasteiger partial charge >= 0.3 is 0 Å². The lowest BCUT2D eigenvalue weighted by molar-refractivity contribution is 0.0764. The maximum absolute atomic E-state index is 8.81. The van der Waals surface area contributed by atoms with Crippen LogP contribution in [0.5, 0.6) is 0 Å². The number of benzene rings is 1. The van der Waals surface area contributed by atoms with Crippen LogP contribution < -0.4 is 4.90 Å². The largest absolute Gasteiger partial charge is 0.365 e. The van der Waals surface area contributed by atoms with Gasteiger partial charge in [0.25, 0.3) is 0 Å². The second kappa shape index (κ2) is 4.65. The maximum Gasteiger partial charge on any atom is 0.161 e. The number of para-hydroxylation sites is 1. The van der Waals surface area contributed by atoms with Gasteiger partial charge in [-0.3, -0.25) is 0 Å². The number of hydrogen-bond acceptors (Lipinski definition) is 3. The van der Waals surface area contributed by atoms with Crippen LogP contribution in [0.25, 0.3) is 0 Å². The third-order valence-corrected chi connectivity index (χ3v) is 3.07. The highest BCUT2D eigenvalue weighted by Gasteiger charge is 2.21. The van der Waals surface area contributed by atoms with Crippen LogP contribution in [0.3, 0.4) is 0 Å². The van der Waals surface area contributed by atoms with Gasteiger partial charge in [-0.05, 0) is 28.1 Å². The third-order valence-electron chi connectivity index (χ3n) is 2.40. The molecule has 0 bridgehead atoms. The van der Waals surface area contributed by atoms with Gasteiger partial charge in [0, 0.05) is 11.0 Å². The number of nitrogens with zero attached hydrogens (tertiary/aromatic N) is 2. The molecule has 15 heavy (non-hydrogen) atoms. The fourth-order valence-electron chi connectivity index (χ4n) is 1.65. The van der Waals surface area contributed by atoms with E-state index in [-0.39, 0.29) is 6.10 Å². The molecule has 1 aromatic carbocycles. The van der Waals surface area contributed by atoms with E-state index >= 15 is 0 Å². The molecule has 1 fully saturated rings. The summed E-state index contributed by atoms with van der Waals surface area (Å²) in [4.78, 5) is 2.17. The molecule has 1 heterocycles. The minimum absolute atomic E-state index is 0.314. The van der Waals surface area contributed by atoms with Crippen LogP contribution in [-0.4, -0.2) is 25.8 Å². The van der Waals surface area contributed by atoms with E-state index in [1.807, 2.05) is 24.3 Å². The highest BCUT2D eigenvalue weighted by molar-refractivity contribution is 9.10. The van der Waals surface area contributed by atoms with E-state index in [0.29, 0.717) is 13.2 Å². The molecule has 0 radical (unpaired) electrons. The van der Waals surface area contributed by atoms with Crippen molar-refractivity contribution in [2.75, 3.05) is 24.6 Å². The van der Waals surface area contributed by atoms with Crippen LogP contribution in [0.1, 0.15) is 0 Å². The maximum atomic E-state index is 8.81. The molecular formula is C11H11BrN2O. The lowest BCUT2D eigenvalue weighted by Crippen LogP contribution is -2.41. The summed E-state index contributed by atoms with van der Waals surface area (Å²) >= 11 is 3.51. The van der Waals surface area contributed by atoms with Crippen molar-refractivity contribution in [3.63, 3.8) is 0 Å². The average Bonchev–Trinajstić information content (AvgIpc) is 2.30. The molecule has 1 unspecified atom stereocenters. The summed E-state index contributed by atoms with van der Waals surface area (Å²) in [5.74, 6) is 0. The predicted molar refractivity (Wildman–Crippen MR) is 61.7 cm³/mol. The SMILES string of the molecule is N#CC1CN(c2ccccc2Br)CCO1. The molecule has 2 rings (SSSR count). The van der Waals surface area contributed by atoms with Gasteiger partial charge in [-0.25, -0.2) is 0 Å². The zero-order valence-corrected chi connectivity index (χ0v) is 9.77. The summed E-state index contributed by atoms with van der Waals surface area (Å²) < 4.78 is 6.36. The number of hydrogen-bond donors (Lipinski definition) is 0. The number of morpholine rings is 1. The van der Waals surface area contributed by atoms with E-state index in [9.17, 15) is 0 Å². The Hall–Kier alpha value is -1.05. The highest BCUT2D eigenvalue weighted by atomic mass is 79.9. The van der Waals surface area contributed by atoms with Crippen molar-refractivity contribution < 1.29 is 4.74 Å². The molecule has 1 aliphatic rings. The molecule has 78 valence electrons. The molecule has 0 aromatic heterocycles. The third kappa shape index (κ3) is 2.31. The Labute approximate surface area is 97.4 Å². The lowest BCUT2D eigenvalue weighted by Gasteiger charge is -2.32. The fraction of sp³-hybridized carbons (Fsp3) is 0.364. The minimum atomic E-state index is -0.314. The molecule has 0 amide bonds. The molecule has 1 aliphatic heterocycles. The second-order valence-electron chi connectivity index (χ2n) is 3.39. The van der Waals surface area contributed by atoms with Gasteiger partial charge in [0.2, 0.25) is 0 Å². The molecule has 0 N–H and O–H groups in total. The van der Waals surface area contributed by atoms with Crippen molar-refractivity contribution in [1.82, 2.24) is 0 Å². The van der Waals surface area contributed by atoms with Gasteiger partial charge in [0.1, 0.15) is 0 Å². The van der Waals surface area contributed by atoms with Gasteiger partial charge in [-0.2, -0.15) is 5.26 Å². The van der Waals surface area contributed by atoms with Crippen molar-refractivity contribution >= 4 is 21.6 Å². The van der Waals surface area contributed by atoms with Gasteiger partial charge in [0.05, 0.1) is 24.9 Å². The first-order valence-corrected chi connectivity index (χ1v) is 5.61. The quantitative estimate of drug-likeness (QED) is 0.782. The highest BCUT2D eigenvalue weighted by Crippen LogP contribution is 2.26. The van der Waals surface area contributed by atoms with Gasteiger partial charge in [0.15, 0.2) is 6.10 Å². The molecule has 0 spiro atoms. The van der Waals surface area contributed by atoms with E-state index < -0.39 is 0 Å². The Kier molecular flexibility index (Phi) is 3.24. The molecule has 0 saturated carbocycles. The Morgan fingerprint density at radius 2 is 2.27 bits per heavy atom. The van der Waals surface area contributed by atoms with Crippen LogP contribution in [-0.2, 0) is 4.74 Å². The van der Waals surface area contributed by atoms with Crippen LogP contribution in [0.2, 0.25) is 0 Å². The van der Waals surface area contributed by atoms with Crippen molar-refractivity contribution in [1.29, 1.82) is 5.26 Å². The van der Waals surface area contributed by atoms with Crippen LogP contribution >= 0.6 is 15.9 Å². The van der Waals surface area contributed by atoms with Crippen molar-refractivity contribution in [3.8, 4) is 6.07 Å². The summed E-state index contributed by atoms with van der Waals surface area (Å²) in [5, 5.41) is 8.81. The van der Waals surface area contributed by atoms with Crippen LogP contribution in [0, 0.1) is 11.3 Å². The minimum Gasteiger partial charge on any atom is -0.365 e. The summed E-state index contributed by atoms with van der Waals surface area (Å²) in [5.41, 5.74) is 1.13. The number of rotatable bonds is 1. The Balaban J connectivity index is 2.18. The van der Waals surface area contributed by atoms with E-state index in [2.05, 4.69) is 26.9 Å². The van der Waals surface area contributed by atoms with Crippen LogP contribution in [0.15, 0.2) is 28.7 Å². The Morgan fingerprint density at radius 1 is 1.47 bits per heavy atom. The molecule has 1 aromatic rings. The molecule has 1 atom stereocenters. The monoisotopic (exact) mass is 266 g/mol.